The average Bonchev–Trinajstić information content (AvgIpc) is 2.58. The maximum Gasteiger partial charge on any atom is 0.188 e. The van der Waals surface area contributed by atoms with Crippen LogP contribution in [0.25, 0.3) is 0 Å². The second-order valence-electron chi connectivity index (χ2n) is 8.52. The van der Waals surface area contributed by atoms with E-state index in [9.17, 15) is 8.42 Å². The van der Waals surface area contributed by atoms with Crippen LogP contribution in [0.15, 0.2) is 24.3 Å². The standard InChI is InChI=1S/C21H34O4S/c1-21(2,3)26(22,23)15-19-12-9-17(10-13-19)8-11-18-6-5-7-20(14-18)25-16-24-4/h5-7,14,17,19H,8-13,15-16H2,1-4H3. The third kappa shape index (κ3) is 6.27. The summed E-state index contributed by atoms with van der Waals surface area (Å²) in [7, 11) is -1.39. The van der Waals surface area contributed by atoms with E-state index >= 15 is 0 Å². The van der Waals surface area contributed by atoms with Crippen molar-refractivity contribution in [3.05, 3.63) is 29.8 Å². The summed E-state index contributed by atoms with van der Waals surface area (Å²) < 4.78 is 34.6. The largest absolute Gasteiger partial charge is 0.468 e. The Labute approximate surface area is 159 Å². The summed E-state index contributed by atoms with van der Waals surface area (Å²) in [6.07, 6.45) is 6.56. The molecule has 1 aliphatic rings. The number of aryl methyl sites for hydroxylation is 1. The van der Waals surface area contributed by atoms with Crippen LogP contribution in [-0.4, -0.2) is 32.8 Å². The van der Waals surface area contributed by atoms with Gasteiger partial charge in [0.05, 0.1) is 10.5 Å². The lowest BCUT2D eigenvalue weighted by molar-refractivity contribution is 0.0511. The molecule has 0 aromatic heterocycles. The number of ether oxygens (including phenoxy) is 2. The highest BCUT2D eigenvalue weighted by Gasteiger charge is 2.33. The topological polar surface area (TPSA) is 52.6 Å². The van der Waals surface area contributed by atoms with Crippen LogP contribution in [0.3, 0.4) is 0 Å². The highest BCUT2D eigenvalue weighted by Crippen LogP contribution is 2.34. The molecule has 0 bridgehead atoms. The van der Waals surface area contributed by atoms with Crippen LogP contribution in [0.4, 0.5) is 0 Å². The highest BCUT2D eigenvalue weighted by molar-refractivity contribution is 7.92. The summed E-state index contributed by atoms with van der Waals surface area (Å²) in [5, 5.41) is 0. The van der Waals surface area contributed by atoms with E-state index in [0.717, 1.165) is 44.3 Å². The zero-order chi connectivity index (χ0) is 19.2. The number of benzene rings is 1. The molecule has 0 radical (unpaired) electrons. The lowest BCUT2D eigenvalue weighted by Crippen LogP contribution is -2.34. The molecule has 0 amide bonds. The highest BCUT2D eigenvalue weighted by atomic mass is 32.2. The second kappa shape index (κ2) is 9.23. The molecule has 0 heterocycles. The zero-order valence-electron chi connectivity index (χ0n) is 16.7. The third-order valence-electron chi connectivity index (χ3n) is 5.44. The van der Waals surface area contributed by atoms with Crippen LogP contribution in [0.5, 0.6) is 5.75 Å². The van der Waals surface area contributed by atoms with E-state index in [1.165, 1.54) is 5.56 Å². The minimum Gasteiger partial charge on any atom is -0.468 e. The molecule has 0 spiro atoms. The second-order valence-corrected chi connectivity index (χ2v) is 11.3. The first-order chi connectivity index (χ1) is 12.2. The summed E-state index contributed by atoms with van der Waals surface area (Å²) in [5.74, 6) is 2.23. The van der Waals surface area contributed by atoms with Gasteiger partial charge in [0.1, 0.15) is 5.75 Å². The summed E-state index contributed by atoms with van der Waals surface area (Å²) in [4.78, 5) is 0. The van der Waals surface area contributed by atoms with Crippen LogP contribution in [0, 0.1) is 11.8 Å². The molecule has 1 aromatic rings. The first kappa shape index (κ1) is 21.2. The Morgan fingerprint density at radius 3 is 2.35 bits per heavy atom. The SMILES string of the molecule is COCOc1cccc(CCC2CCC(CS(=O)(=O)C(C)(C)C)CC2)c1. The van der Waals surface area contributed by atoms with Gasteiger partial charge in [0.2, 0.25) is 0 Å². The molecular weight excluding hydrogens is 348 g/mol. The van der Waals surface area contributed by atoms with Gasteiger partial charge in [0.15, 0.2) is 16.6 Å². The molecule has 1 saturated carbocycles. The van der Waals surface area contributed by atoms with Crippen molar-refractivity contribution in [1.29, 1.82) is 0 Å². The number of hydrogen-bond acceptors (Lipinski definition) is 4. The fourth-order valence-corrected chi connectivity index (χ4v) is 4.99. The Morgan fingerprint density at radius 1 is 1.08 bits per heavy atom. The third-order valence-corrected chi connectivity index (χ3v) is 8.21. The van der Waals surface area contributed by atoms with Crippen molar-refractivity contribution in [3.8, 4) is 5.75 Å². The van der Waals surface area contributed by atoms with Crippen molar-refractivity contribution >= 4 is 9.84 Å². The van der Waals surface area contributed by atoms with Crippen molar-refractivity contribution in [2.45, 2.75) is 64.0 Å². The van der Waals surface area contributed by atoms with Gasteiger partial charge in [-0.3, -0.25) is 0 Å². The fraction of sp³-hybridized carbons (Fsp3) is 0.714. The van der Waals surface area contributed by atoms with Gasteiger partial charge in [0.25, 0.3) is 0 Å². The van der Waals surface area contributed by atoms with E-state index in [1.807, 2.05) is 12.1 Å². The summed E-state index contributed by atoms with van der Waals surface area (Å²) in [5.41, 5.74) is 1.29. The molecule has 0 unspecified atom stereocenters. The Morgan fingerprint density at radius 2 is 1.73 bits per heavy atom. The Hall–Kier alpha value is -1.07. The van der Waals surface area contributed by atoms with Crippen molar-refractivity contribution in [2.24, 2.45) is 11.8 Å². The number of hydrogen-bond donors (Lipinski definition) is 0. The zero-order valence-corrected chi connectivity index (χ0v) is 17.5. The molecule has 2 rings (SSSR count). The van der Waals surface area contributed by atoms with E-state index in [4.69, 9.17) is 9.47 Å². The van der Waals surface area contributed by atoms with E-state index in [2.05, 4.69) is 12.1 Å². The summed E-state index contributed by atoms with van der Waals surface area (Å²) in [6, 6.07) is 8.19. The minimum absolute atomic E-state index is 0.269. The molecule has 1 aliphatic carbocycles. The van der Waals surface area contributed by atoms with Crippen LogP contribution in [0.2, 0.25) is 0 Å². The van der Waals surface area contributed by atoms with Crippen LogP contribution < -0.4 is 4.74 Å². The van der Waals surface area contributed by atoms with Crippen LogP contribution in [-0.2, 0) is 21.0 Å². The first-order valence-electron chi connectivity index (χ1n) is 9.64. The quantitative estimate of drug-likeness (QED) is 0.616. The van der Waals surface area contributed by atoms with Gasteiger partial charge in [-0.25, -0.2) is 8.42 Å². The van der Waals surface area contributed by atoms with E-state index < -0.39 is 14.6 Å². The molecule has 4 nitrogen and oxygen atoms in total. The van der Waals surface area contributed by atoms with Gasteiger partial charge >= 0.3 is 0 Å². The van der Waals surface area contributed by atoms with E-state index in [1.54, 1.807) is 27.9 Å². The van der Waals surface area contributed by atoms with Gasteiger partial charge in [-0.2, -0.15) is 0 Å². The summed E-state index contributed by atoms with van der Waals surface area (Å²) in [6.45, 7) is 5.68. The van der Waals surface area contributed by atoms with Crippen molar-refractivity contribution < 1.29 is 17.9 Å². The molecule has 1 aromatic carbocycles. The number of rotatable bonds is 8. The number of methoxy groups -OCH3 is 1. The Kier molecular flexibility index (Phi) is 7.53. The predicted molar refractivity (Wildman–Crippen MR) is 106 cm³/mol. The predicted octanol–water partition coefficient (Wildman–Crippen LogP) is 4.62. The van der Waals surface area contributed by atoms with Crippen LogP contribution in [0.1, 0.15) is 58.4 Å². The maximum atomic E-state index is 12.4. The van der Waals surface area contributed by atoms with Gasteiger partial charge in [-0.1, -0.05) is 25.0 Å². The molecule has 26 heavy (non-hydrogen) atoms. The Bertz CT molecular complexity index is 653. The molecule has 0 aliphatic heterocycles. The van der Waals surface area contributed by atoms with Crippen LogP contribution >= 0.6 is 0 Å². The normalized spacial score (nSPS) is 21.5. The van der Waals surface area contributed by atoms with Gasteiger partial charge in [-0.15, -0.1) is 0 Å². The number of sulfone groups is 1. The molecule has 148 valence electrons. The summed E-state index contributed by atoms with van der Waals surface area (Å²) >= 11 is 0. The van der Waals surface area contributed by atoms with E-state index in [0.29, 0.717) is 17.6 Å². The van der Waals surface area contributed by atoms with Gasteiger partial charge in [0, 0.05) is 7.11 Å². The van der Waals surface area contributed by atoms with Crippen molar-refractivity contribution in [3.63, 3.8) is 0 Å². The lowest BCUT2D eigenvalue weighted by Gasteiger charge is -2.30. The molecule has 0 atom stereocenters. The van der Waals surface area contributed by atoms with Crippen molar-refractivity contribution in [2.75, 3.05) is 19.7 Å². The molecule has 0 N–H and O–H groups in total. The molecule has 5 heteroatoms. The minimum atomic E-state index is -3.01. The Balaban J connectivity index is 1.77. The lowest BCUT2D eigenvalue weighted by atomic mass is 9.80. The fourth-order valence-electron chi connectivity index (χ4n) is 3.54. The average molecular weight is 383 g/mol. The molecular formula is C21H34O4S. The molecule has 1 fully saturated rings. The maximum absolute atomic E-state index is 12.4. The monoisotopic (exact) mass is 382 g/mol. The van der Waals surface area contributed by atoms with Gasteiger partial charge < -0.3 is 9.47 Å². The van der Waals surface area contributed by atoms with E-state index in [-0.39, 0.29) is 6.79 Å². The van der Waals surface area contributed by atoms with Crippen molar-refractivity contribution in [1.82, 2.24) is 0 Å². The van der Waals surface area contributed by atoms with Gasteiger partial charge in [-0.05, 0) is 76.0 Å². The molecule has 0 saturated heterocycles. The first-order valence-corrected chi connectivity index (χ1v) is 11.3. The smallest absolute Gasteiger partial charge is 0.188 e.